The molecule has 0 radical (unpaired) electrons. The first-order valence-electron chi connectivity index (χ1n) is 8.23. The fourth-order valence-corrected chi connectivity index (χ4v) is 4.52. The van der Waals surface area contributed by atoms with E-state index in [1.54, 1.807) is 0 Å². The first-order valence-corrected chi connectivity index (χ1v) is 10.1. The normalized spacial score (nSPS) is 20.3. The van der Waals surface area contributed by atoms with Crippen molar-refractivity contribution >= 4 is 15.9 Å². The number of rotatable bonds is 3. The van der Waals surface area contributed by atoms with Gasteiger partial charge in [-0.25, -0.2) is 12.7 Å². The lowest BCUT2D eigenvalue weighted by Gasteiger charge is -2.22. The predicted octanol–water partition coefficient (Wildman–Crippen LogP) is 1.29. The Balaban J connectivity index is 1.55. The molecule has 3 rings (SSSR count). The first kappa shape index (κ1) is 16.5. The van der Waals surface area contributed by atoms with Gasteiger partial charge < -0.3 is 4.90 Å². The number of sulfonamides is 1. The summed E-state index contributed by atoms with van der Waals surface area (Å²) in [7, 11) is -3.16. The third-order valence-electron chi connectivity index (χ3n) is 4.88. The second kappa shape index (κ2) is 6.61. The van der Waals surface area contributed by atoms with Gasteiger partial charge in [-0.2, -0.15) is 0 Å². The summed E-state index contributed by atoms with van der Waals surface area (Å²) in [6.45, 7) is 2.09. The molecule has 23 heavy (non-hydrogen) atoms. The summed E-state index contributed by atoms with van der Waals surface area (Å²) in [5.74, 6) is 0.548. The van der Waals surface area contributed by atoms with Gasteiger partial charge in [-0.15, -0.1) is 0 Å². The Hall–Kier alpha value is -1.40. The van der Waals surface area contributed by atoms with E-state index in [1.807, 2.05) is 4.90 Å². The van der Waals surface area contributed by atoms with Crippen LogP contribution in [0.25, 0.3) is 0 Å². The zero-order valence-electron chi connectivity index (χ0n) is 13.6. The third kappa shape index (κ3) is 3.93. The molecule has 2 aliphatic rings. The molecule has 1 heterocycles. The molecule has 0 N–H and O–H groups in total. The van der Waals surface area contributed by atoms with Crippen molar-refractivity contribution in [2.45, 2.75) is 25.7 Å². The standard InChI is InChI=1S/C17H24N2O3S/c1-23(21,22)19-8-4-7-18(9-10-19)17(20)13-14-11-15-5-2-3-6-16(15)12-14/h2-3,5-6,14H,4,7-13H2,1H3. The number of benzene rings is 1. The fourth-order valence-electron chi connectivity index (χ4n) is 3.65. The smallest absolute Gasteiger partial charge is 0.222 e. The average Bonchev–Trinajstić information content (AvgIpc) is 2.72. The molecule has 1 aromatic carbocycles. The Kier molecular flexibility index (Phi) is 4.73. The Labute approximate surface area is 138 Å². The highest BCUT2D eigenvalue weighted by Gasteiger charge is 2.27. The average molecular weight is 336 g/mol. The summed E-state index contributed by atoms with van der Waals surface area (Å²) in [6, 6.07) is 8.40. The minimum Gasteiger partial charge on any atom is -0.341 e. The summed E-state index contributed by atoms with van der Waals surface area (Å²) < 4.78 is 24.8. The number of hydrogen-bond donors (Lipinski definition) is 0. The zero-order valence-corrected chi connectivity index (χ0v) is 14.4. The van der Waals surface area contributed by atoms with Crippen LogP contribution in [0.5, 0.6) is 0 Å². The van der Waals surface area contributed by atoms with Crippen LogP contribution < -0.4 is 0 Å². The van der Waals surface area contributed by atoms with E-state index in [9.17, 15) is 13.2 Å². The van der Waals surface area contributed by atoms with Crippen LogP contribution in [0.15, 0.2) is 24.3 Å². The van der Waals surface area contributed by atoms with Crippen LogP contribution >= 0.6 is 0 Å². The van der Waals surface area contributed by atoms with Crippen molar-refractivity contribution in [2.75, 3.05) is 32.4 Å². The molecule has 6 heteroatoms. The predicted molar refractivity (Wildman–Crippen MR) is 89.6 cm³/mol. The SMILES string of the molecule is CS(=O)(=O)N1CCCN(C(=O)CC2Cc3ccccc3C2)CC1. The van der Waals surface area contributed by atoms with E-state index in [1.165, 1.54) is 21.7 Å². The minimum atomic E-state index is -3.16. The minimum absolute atomic E-state index is 0.165. The number of carbonyl (C=O) groups excluding carboxylic acids is 1. The van der Waals surface area contributed by atoms with E-state index in [-0.39, 0.29) is 5.91 Å². The maximum atomic E-state index is 12.6. The lowest BCUT2D eigenvalue weighted by Crippen LogP contribution is -2.37. The van der Waals surface area contributed by atoms with Gasteiger partial charge in [-0.05, 0) is 36.3 Å². The molecule has 126 valence electrons. The van der Waals surface area contributed by atoms with Crippen molar-refractivity contribution in [3.63, 3.8) is 0 Å². The second-order valence-electron chi connectivity index (χ2n) is 6.64. The second-order valence-corrected chi connectivity index (χ2v) is 8.63. The Morgan fingerprint density at radius 1 is 1.09 bits per heavy atom. The van der Waals surface area contributed by atoms with Crippen LogP contribution in [0.2, 0.25) is 0 Å². The molecular formula is C17H24N2O3S. The summed E-state index contributed by atoms with van der Waals surface area (Å²) in [6.07, 6.45) is 4.47. The molecule has 1 aliphatic carbocycles. The molecule has 0 spiro atoms. The fraction of sp³-hybridized carbons (Fsp3) is 0.588. The van der Waals surface area contributed by atoms with Crippen LogP contribution in [-0.2, 0) is 27.7 Å². The molecule has 5 nitrogen and oxygen atoms in total. The number of carbonyl (C=O) groups is 1. The Bertz CT molecular complexity index is 662. The van der Waals surface area contributed by atoms with Crippen molar-refractivity contribution < 1.29 is 13.2 Å². The van der Waals surface area contributed by atoms with Gasteiger partial charge in [0.05, 0.1) is 6.26 Å². The molecule has 0 unspecified atom stereocenters. The highest BCUT2D eigenvalue weighted by atomic mass is 32.2. The number of fused-ring (bicyclic) bond motifs is 1. The third-order valence-corrected chi connectivity index (χ3v) is 6.18. The number of hydrogen-bond acceptors (Lipinski definition) is 3. The van der Waals surface area contributed by atoms with Crippen LogP contribution in [0.4, 0.5) is 0 Å². The maximum absolute atomic E-state index is 12.6. The van der Waals surface area contributed by atoms with Gasteiger partial charge in [0.2, 0.25) is 15.9 Å². The molecule has 1 aliphatic heterocycles. The van der Waals surface area contributed by atoms with Crippen molar-refractivity contribution in [3.05, 3.63) is 35.4 Å². The van der Waals surface area contributed by atoms with E-state index < -0.39 is 10.0 Å². The lowest BCUT2D eigenvalue weighted by molar-refractivity contribution is -0.132. The highest BCUT2D eigenvalue weighted by molar-refractivity contribution is 7.88. The van der Waals surface area contributed by atoms with E-state index in [4.69, 9.17) is 0 Å². The van der Waals surface area contributed by atoms with Crippen LogP contribution in [-0.4, -0.2) is 56.0 Å². The van der Waals surface area contributed by atoms with Crippen molar-refractivity contribution in [3.8, 4) is 0 Å². The topological polar surface area (TPSA) is 57.7 Å². The molecule has 1 saturated heterocycles. The molecule has 1 aromatic rings. The van der Waals surface area contributed by atoms with E-state index in [0.29, 0.717) is 44.9 Å². The maximum Gasteiger partial charge on any atom is 0.222 e. The molecular weight excluding hydrogens is 312 g/mol. The monoisotopic (exact) mass is 336 g/mol. The van der Waals surface area contributed by atoms with Crippen molar-refractivity contribution in [2.24, 2.45) is 5.92 Å². The molecule has 0 aromatic heterocycles. The Morgan fingerprint density at radius 2 is 1.74 bits per heavy atom. The summed E-state index contributed by atoms with van der Waals surface area (Å²) in [5, 5.41) is 0. The molecule has 1 fully saturated rings. The van der Waals surface area contributed by atoms with Gasteiger partial charge in [0.1, 0.15) is 0 Å². The van der Waals surface area contributed by atoms with Crippen LogP contribution in [0.3, 0.4) is 0 Å². The summed E-state index contributed by atoms with van der Waals surface area (Å²) >= 11 is 0. The molecule has 0 atom stereocenters. The van der Waals surface area contributed by atoms with E-state index in [0.717, 1.165) is 12.8 Å². The highest BCUT2D eigenvalue weighted by Crippen LogP contribution is 2.29. The van der Waals surface area contributed by atoms with E-state index >= 15 is 0 Å². The quantitative estimate of drug-likeness (QED) is 0.836. The number of nitrogens with zero attached hydrogens (tertiary/aromatic N) is 2. The van der Waals surface area contributed by atoms with E-state index in [2.05, 4.69) is 24.3 Å². The Morgan fingerprint density at radius 3 is 2.35 bits per heavy atom. The largest absolute Gasteiger partial charge is 0.341 e. The van der Waals surface area contributed by atoms with Gasteiger partial charge in [-0.1, -0.05) is 24.3 Å². The lowest BCUT2D eigenvalue weighted by atomic mass is 10.0. The molecule has 1 amide bonds. The summed E-state index contributed by atoms with van der Waals surface area (Å²) in [4.78, 5) is 14.4. The van der Waals surface area contributed by atoms with Gasteiger partial charge in [0.15, 0.2) is 0 Å². The molecule has 0 bridgehead atoms. The van der Waals surface area contributed by atoms with Crippen molar-refractivity contribution in [1.82, 2.24) is 9.21 Å². The van der Waals surface area contributed by atoms with Crippen LogP contribution in [0.1, 0.15) is 24.0 Å². The first-order chi connectivity index (χ1) is 10.9. The van der Waals surface area contributed by atoms with Gasteiger partial charge in [0, 0.05) is 32.6 Å². The van der Waals surface area contributed by atoms with Gasteiger partial charge in [-0.3, -0.25) is 4.79 Å². The van der Waals surface area contributed by atoms with Gasteiger partial charge in [0.25, 0.3) is 0 Å². The zero-order chi connectivity index (χ0) is 16.4. The number of amides is 1. The van der Waals surface area contributed by atoms with Gasteiger partial charge >= 0.3 is 0 Å². The molecule has 0 saturated carbocycles. The van der Waals surface area contributed by atoms with Crippen LogP contribution in [0, 0.1) is 5.92 Å². The van der Waals surface area contributed by atoms with Crippen molar-refractivity contribution in [1.29, 1.82) is 0 Å². The summed E-state index contributed by atoms with van der Waals surface area (Å²) in [5.41, 5.74) is 2.73.